The van der Waals surface area contributed by atoms with Crippen molar-refractivity contribution in [3.05, 3.63) is 40.3 Å². The lowest BCUT2D eigenvalue weighted by molar-refractivity contribution is 0.0574. The number of carbonyl (C=O) groups excluding carboxylic acids is 1. The molecule has 124 valence electrons. The van der Waals surface area contributed by atoms with E-state index in [0.29, 0.717) is 17.4 Å². The molecule has 0 amide bonds. The van der Waals surface area contributed by atoms with Gasteiger partial charge in [0, 0.05) is 20.1 Å². The lowest BCUT2D eigenvalue weighted by atomic mass is 10.1. The molecule has 0 aliphatic heterocycles. The molecule has 0 saturated heterocycles. The summed E-state index contributed by atoms with van der Waals surface area (Å²) in [5.74, 6) is -0.572. The van der Waals surface area contributed by atoms with Gasteiger partial charge in [-0.25, -0.2) is 9.48 Å². The van der Waals surface area contributed by atoms with Gasteiger partial charge in [-0.3, -0.25) is 4.79 Å². The molecule has 0 fully saturated rings. The van der Waals surface area contributed by atoms with Crippen molar-refractivity contribution in [2.45, 2.75) is 32.4 Å². The molecule has 1 aromatic carbocycles. The summed E-state index contributed by atoms with van der Waals surface area (Å²) in [6.07, 6.45) is 0. The zero-order valence-corrected chi connectivity index (χ0v) is 15.0. The second kappa shape index (κ2) is 7.06. The summed E-state index contributed by atoms with van der Waals surface area (Å²) < 4.78 is 11.5. The van der Waals surface area contributed by atoms with Crippen LogP contribution in [-0.4, -0.2) is 37.5 Å². The van der Waals surface area contributed by atoms with Crippen LogP contribution in [0.15, 0.2) is 29.1 Å². The number of benzene rings is 1. The minimum atomic E-state index is -1.19. The third kappa shape index (κ3) is 4.26. The Morgan fingerprint density at radius 2 is 1.87 bits per heavy atom. The third-order valence-electron chi connectivity index (χ3n) is 3.46. The van der Waals surface area contributed by atoms with Crippen molar-refractivity contribution in [2.24, 2.45) is 0 Å². The van der Waals surface area contributed by atoms with Gasteiger partial charge in [0.05, 0.1) is 12.5 Å². The Morgan fingerprint density at radius 3 is 2.48 bits per heavy atom. The molecule has 1 heterocycles. The van der Waals surface area contributed by atoms with Gasteiger partial charge in [-0.1, -0.05) is 37.8 Å². The van der Waals surface area contributed by atoms with E-state index < -0.39 is 14.0 Å². The minimum Gasteiger partial charge on any atom is -0.464 e. The van der Waals surface area contributed by atoms with Gasteiger partial charge in [0.2, 0.25) is 0 Å². The van der Waals surface area contributed by atoms with Gasteiger partial charge < -0.3 is 9.47 Å². The zero-order chi connectivity index (χ0) is 17.0. The molecule has 7 heteroatoms. The first kappa shape index (κ1) is 17.4. The van der Waals surface area contributed by atoms with E-state index in [1.54, 1.807) is 24.3 Å². The lowest BCUT2D eigenvalue weighted by Gasteiger charge is -2.16. The number of hydrogen-bond acceptors (Lipinski definition) is 5. The van der Waals surface area contributed by atoms with Crippen molar-refractivity contribution in [1.82, 2.24) is 9.78 Å². The average Bonchev–Trinajstić information content (AvgIpc) is 2.52. The monoisotopic (exact) mass is 334 g/mol. The van der Waals surface area contributed by atoms with Gasteiger partial charge in [0.25, 0.3) is 5.56 Å². The maximum absolute atomic E-state index is 12.5. The maximum atomic E-state index is 12.5. The van der Waals surface area contributed by atoms with Crippen molar-refractivity contribution < 1.29 is 14.3 Å². The number of methoxy groups -OCH3 is 1. The quantitative estimate of drug-likeness (QED) is 0.461. The fraction of sp³-hybridized carbons (Fsp3) is 0.438. The van der Waals surface area contributed by atoms with Gasteiger partial charge in [0.1, 0.15) is 6.73 Å². The van der Waals surface area contributed by atoms with Gasteiger partial charge in [-0.15, -0.1) is 0 Å². The van der Waals surface area contributed by atoms with Crippen molar-refractivity contribution in [3.63, 3.8) is 0 Å². The maximum Gasteiger partial charge on any atom is 0.359 e. The first-order valence-electron chi connectivity index (χ1n) is 7.49. The molecule has 0 bridgehead atoms. The van der Waals surface area contributed by atoms with E-state index >= 15 is 0 Å². The highest BCUT2D eigenvalue weighted by atomic mass is 28.3. The first-order chi connectivity index (χ1) is 10.8. The number of nitrogens with zero attached hydrogens (tertiary/aromatic N) is 2. The second-order valence-corrected chi connectivity index (χ2v) is 12.2. The van der Waals surface area contributed by atoms with E-state index in [-0.39, 0.29) is 18.0 Å². The van der Waals surface area contributed by atoms with Crippen LogP contribution in [0.3, 0.4) is 0 Å². The van der Waals surface area contributed by atoms with Gasteiger partial charge in [0.15, 0.2) is 5.69 Å². The van der Waals surface area contributed by atoms with Crippen LogP contribution in [0, 0.1) is 0 Å². The van der Waals surface area contributed by atoms with E-state index in [1.807, 2.05) is 0 Å². The van der Waals surface area contributed by atoms with Crippen LogP contribution in [0.1, 0.15) is 10.5 Å². The number of fused-ring (bicyclic) bond motifs is 1. The van der Waals surface area contributed by atoms with Crippen LogP contribution >= 0.6 is 0 Å². The van der Waals surface area contributed by atoms with Crippen LogP contribution in [0.25, 0.3) is 10.8 Å². The Morgan fingerprint density at radius 1 is 1.22 bits per heavy atom. The van der Waals surface area contributed by atoms with E-state index in [1.165, 1.54) is 11.8 Å². The van der Waals surface area contributed by atoms with Crippen LogP contribution in [0.2, 0.25) is 25.7 Å². The summed E-state index contributed by atoms with van der Waals surface area (Å²) in [6.45, 7) is 7.37. The largest absolute Gasteiger partial charge is 0.464 e. The molecule has 0 aliphatic rings. The molecule has 0 radical (unpaired) electrons. The molecule has 0 N–H and O–H groups in total. The normalized spacial score (nSPS) is 11.7. The summed E-state index contributed by atoms with van der Waals surface area (Å²) in [6, 6.07) is 7.86. The number of aromatic nitrogens is 2. The summed E-state index contributed by atoms with van der Waals surface area (Å²) in [4.78, 5) is 24.4. The standard InChI is InChI=1S/C16H22N2O4Si/c1-21-16(20)14-12-7-5-6-8-13(12)15(19)18(17-14)11-22-9-10-23(2,3)4/h5-8H,9-11H2,1-4H3. The molecule has 0 aliphatic carbocycles. The van der Waals surface area contributed by atoms with Gasteiger partial charge in [-0.2, -0.15) is 5.10 Å². The van der Waals surface area contributed by atoms with Crippen molar-refractivity contribution >= 4 is 24.8 Å². The van der Waals surface area contributed by atoms with E-state index in [0.717, 1.165) is 6.04 Å². The molecule has 23 heavy (non-hydrogen) atoms. The number of rotatable bonds is 6. The van der Waals surface area contributed by atoms with Gasteiger partial charge >= 0.3 is 5.97 Å². The SMILES string of the molecule is COC(=O)c1nn(COCC[Si](C)(C)C)c(=O)c2ccccc12. The van der Waals surface area contributed by atoms with Crippen LogP contribution < -0.4 is 5.56 Å². The predicted molar refractivity (Wildman–Crippen MR) is 91.4 cm³/mol. The van der Waals surface area contributed by atoms with E-state index in [9.17, 15) is 9.59 Å². The fourth-order valence-corrected chi connectivity index (χ4v) is 2.86. The average molecular weight is 334 g/mol. The molecule has 0 spiro atoms. The minimum absolute atomic E-state index is 0.0259. The van der Waals surface area contributed by atoms with Crippen LogP contribution in [-0.2, 0) is 16.2 Å². The molecular weight excluding hydrogens is 312 g/mol. The molecule has 2 aromatic rings. The van der Waals surface area contributed by atoms with Gasteiger partial charge in [-0.05, 0) is 12.1 Å². The van der Waals surface area contributed by atoms with Crippen LogP contribution in [0.5, 0.6) is 0 Å². The summed E-state index contributed by atoms with van der Waals surface area (Å²) in [5, 5.41) is 5.04. The third-order valence-corrected chi connectivity index (χ3v) is 5.16. The predicted octanol–water partition coefficient (Wildman–Crippen LogP) is 2.50. The Labute approximate surface area is 136 Å². The molecule has 0 atom stereocenters. The summed E-state index contributed by atoms with van der Waals surface area (Å²) >= 11 is 0. The van der Waals surface area contributed by atoms with E-state index in [4.69, 9.17) is 9.47 Å². The lowest BCUT2D eigenvalue weighted by Crippen LogP contribution is -2.28. The molecule has 0 saturated carbocycles. The smallest absolute Gasteiger partial charge is 0.359 e. The highest BCUT2D eigenvalue weighted by molar-refractivity contribution is 6.76. The topological polar surface area (TPSA) is 70.4 Å². The molecule has 0 unspecified atom stereocenters. The highest BCUT2D eigenvalue weighted by Gasteiger charge is 2.17. The highest BCUT2D eigenvalue weighted by Crippen LogP contribution is 2.14. The molecule has 6 nitrogen and oxygen atoms in total. The van der Waals surface area contributed by atoms with E-state index in [2.05, 4.69) is 24.7 Å². The Balaban J connectivity index is 2.31. The number of hydrogen-bond donors (Lipinski definition) is 0. The number of ether oxygens (including phenoxy) is 2. The second-order valence-electron chi connectivity index (χ2n) is 6.54. The summed E-state index contributed by atoms with van der Waals surface area (Å²) in [5.41, 5.74) is -0.155. The Kier molecular flexibility index (Phi) is 5.33. The summed E-state index contributed by atoms with van der Waals surface area (Å²) in [7, 11) is 0.0962. The fourth-order valence-electron chi connectivity index (χ4n) is 2.10. The number of carbonyl (C=O) groups is 1. The van der Waals surface area contributed by atoms with Crippen molar-refractivity contribution in [3.8, 4) is 0 Å². The molecular formula is C16H22N2O4Si. The Bertz CT molecular complexity index is 765. The first-order valence-corrected chi connectivity index (χ1v) is 11.2. The molecule has 1 aromatic heterocycles. The molecule has 2 rings (SSSR count). The van der Waals surface area contributed by atoms with Crippen molar-refractivity contribution in [2.75, 3.05) is 13.7 Å². The van der Waals surface area contributed by atoms with Crippen LogP contribution in [0.4, 0.5) is 0 Å². The number of esters is 1. The Hall–Kier alpha value is -1.99. The van der Waals surface area contributed by atoms with Crippen molar-refractivity contribution in [1.29, 1.82) is 0 Å². The zero-order valence-electron chi connectivity index (χ0n) is 14.0.